The number of nitrogens with one attached hydrogen (secondary N) is 1. The Morgan fingerprint density at radius 1 is 1.16 bits per heavy atom. The molecule has 0 bridgehead atoms. The summed E-state index contributed by atoms with van der Waals surface area (Å²) < 4.78 is 19.4. The summed E-state index contributed by atoms with van der Waals surface area (Å²) in [4.78, 5) is 17.9. The highest BCUT2D eigenvalue weighted by Gasteiger charge is 2.57. The molecule has 1 heterocycles. The van der Waals surface area contributed by atoms with E-state index in [4.69, 9.17) is 16.4 Å². The van der Waals surface area contributed by atoms with Crippen molar-refractivity contribution in [2.75, 3.05) is 14.2 Å². The van der Waals surface area contributed by atoms with E-state index < -0.39 is 13.6 Å². The Hall–Kier alpha value is -0.950. The van der Waals surface area contributed by atoms with Gasteiger partial charge in [-0.3, -0.25) is 14.2 Å². The lowest BCUT2D eigenvalue weighted by Gasteiger charge is -2.39. The van der Waals surface area contributed by atoms with Gasteiger partial charge in [0.1, 0.15) is 0 Å². The number of fused-ring (bicyclic) bond motifs is 1. The van der Waals surface area contributed by atoms with Crippen molar-refractivity contribution in [3.63, 3.8) is 0 Å². The molecule has 1 amide bonds. The van der Waals surface area contributed by atoms with Crippen LogP contribution in [0.15, 0.2) is 24.3 Å². The predicted octanol–water partition coefficient (Wildman–Crippen LogP) is 5.23. The van der Waals surface area contributed by atoms with E-state index >= 15 is 0 Å². The Labute approximate surface area is 197 Å². The summed E-state index contributed by atoms with van der Waals surface area (Å²) in [7, 11) is -0.156. The molecule has 2 aliphatic rings. The van der Waals surface area contributed by atoms with E-state index in [9.17, 15) is 9.36 Å². The van der Waals surface area contributed by atoms with Crippen molar-refractivity contribution < 1.29 is 14.2 Å². The number of carbonyl (C=O) groups is 1. The van der Waals surface area contributed by atoms with Gasteiger partial charge >= 0.3 is 0 Å². The van der Waals surface area contributed by atoms with Gasteiger partial charge < -0.3 is 0 Å². The van der Waals surface area contributed by atoms with E-state index in [1.165, 1.54) is 12.2 Å². The van der Waals surface area contributed by atoms with Crippen LogP contribution in [0.2, 0.25) is 5.02 Å². The summed E-state index contributed by atoms with van der Waals surface area (Å²) in [6.07, 6.45) is 4.48. The van der Waals surface area contributed by atoms with Crippen LogP contribution < -0.4 is 5.09 Å². The normalized spacial score (nSPS) is 24.7. The minimum Gasteiger partial charge on any atom is -0.275 e. The quantitative estimate of drug-likeness (QED) is 0.402. The minimum atomic E-state index is -3.20. The zero-order valence-corrected chi connectivity index (χ0v) is 21.8. The van der Waals surface area contributed by atoms with Crippen LogP contribution >= 0.6 is 19.2 Å². The highest BCUT2D eigenvalue weighted by molar-refractivity contribution is 7.57. The van der Waals surface area contributed by atoms with Gasteiger partial charge in [-0.15, -0.1) is 0 Å². The van der Waals surface area contributed by atoms with E-state index in [1.807, 2.05) is 18.2 Å². The summed E-state index contributed by atoms with van der Waals surface area (Å²) in [5, 5.41) is 5.25. The number of nitrogens with zero attached hydrogens (tertiary/aromatic N) is 3. The minimum absolute atomic E-state index is 0.0886. The number of rotatable bonds is 8. The largest absolute Gasteiger partial charge is 0.285 e. The van der Waals surface area contributed by atoms with Gasteiger partial charge in [0, 0.05) is 42.7 Å². The Kier molecular flexibility index (Phi) is 8.46. The molecule has 7 nitrogen and oxygen atoms in total. The topological polar surface area (TPSA) is 65.1 Å². The first kappa shape index (κ1) is 25.7. The first-order chi connectivity index (χ1) is 15.1. The molecule has 180 valence electrons. The predicted molar refractivity (Wildman–Crippen MR) is 129 cm³/mol. The molecule has 2 fully saturated rings. The molecular formula is C23H38ClN4O3P. The number of halogens is 1. The van der Waals surface area contributed by atoms with Gasteiger partial charge in [-0.25, -0.2) is 19.5 Å². The number of hydroxylamine groups is 2. The molecule has 1 aromatic carbocycles. The molecule has 0 spiro atoms. The number of hydrogen-bond donors (Lipinski definition) is 1. The number of amides is 1. The van der Waals surface area contributed by atoms with Crippen LogP contribution in [0.3, 0.4) is 0 Å². The molecule has 1 aliphatic carbocycles. The second kappa shape index (κ2) is 10.5. The molecule has 1 aromatic rings. The van der Waals surface area contributed by atoms with Crippen LogP contribution in [0.1, 0.15) is 71.4 Å². The first-order valence-electron chi connectivity index (χ1n) is 11.6. The Balaban J connectivity index is 2.05. The molecular weight excluding hydrogens is 447 g/mol. The lowest BCUT2D eigenvalue weighted by Crippen LogP contribution is -2.43. The summed E-state index contributed by atoms with van der Waals surface area (Å²) in [6.45, 7) is 8.44. The van der Waals surface area contributed by atoms with Crippen LogP contribution in [0.5, 0.6) is 0 Å². The summed E-state index contributed by atoms with van der Waals surface area (Å²) >= 11 is 6.55. The number of carbonyl (C=O) groups excluding carboxylic acids is 1. The van der Waals surface area contributed by atoms with Crippen molar-refractivity contribution in [3.05, 3.63) is 34.9 Å². The second-order valence-electron chi connectivity index (χ2n) is 9.39. The van der Waals surface area contributed by atoms with Gasteiger partial charge in [-0.05, 0) is 52.2 Å². The Bertz CT molecular complexity index is 824. The van der Waals surface area contributed by atoms with Gasteiger partial charge in [0.15, 0.2) is 0 Å². The maximum Gasteiger partial charge on any atom is 0.285 e. The monoisotopic (exact) mass is 484 g/mol. The third-order valence-corrected chi connectivity index (χ3v) is 10.4. The molecule has 0 radical (unpaired) electrons. The maximum atomic E-state index is 15.0. The van der Waals surface area contributed by atoms with Crippen molar-refractivity contribution >= 4 is 25.1 Å². The van der Waals surface area contributed by atoms with Crippen molar-refractivity contribution in [3.8, 4) is 0 Å². The third kappa shape index (κ3) is 4.94. The Morgan fingerprint density at radius 2 is 1.69 bits per heavy atom. The molecule has 1 saturated heterocycles. The first-order valence-corrected chi connectivity index (χ1v) is 13.6. The van der Waals surface area contributed by atoms with Crippen LogP contribution in [0.4, 0.5) is 0 Å². The molecule has 0 aromatic heterocycles. The van der Waals surface area contributed by atoms with Crippen molar-refractivity contribution in [1.29, 1.82) is 0 Å². The van der Waals surface area contributed by atoms with Gasteiger partial charge in [0.05, 0.1) is 13.2 Å². The van der Waals surface area contributed by atoms with Crippen molar-refractivity contribution in [2.45, 2.75) is 90.0 Å². The molecule has 32 heavy (non-hydrogen) atoms. The van der Waals surface area contributed by atoms with Crippen molar-refractivity contribution in [2.24, 2.45) is 0 Å². The molecule has 1 saturated carbocycles. The average molecular weight is 485 g/mol. The van der Waals surface area contributed by atoms with E-state index in [1.54, 1.807) is 13.1 Å². The zero-order chi connectivity index (χ0) is 23.6. The highest BCUT2D eigenvalue weighted by Crippen LogP contribution is 2.64. The van der Waals surface area contributed by atoms with Crippen LogP contribution in [0, 0.1) is 0 Å². The summed E-state index contributed by atoms with van der Waals surface area (Å²) in [5.41, 5.74) is 0.768. The van der Waals surface area contributed by atoms with E-state index in [2.05, 4.69) is 42.1 Å². The number of benzene rings is 1. The molecule has 3 atom stereocenters. The second-order valence-corrected chi connectivity index (χ2v) is 12.1. The average Bonchev–Trinajstić information content (AvgIpc) is 3.00. The fourth-order valence-corrected chi connectivity index (χ4v) is 9.35. The molecule has 1 N–H and O–H groups in total. The lowest BCUT2D eigenvalue weighted by molar-refractivity contribution is -0.169. The molecule has 0 unspecified atom stereocenters. The highest BCUT2D eigenvalue weighted by atomic mass is 35.5. The van der Waals surface area contributed by atoms with Crippen molar-refractivity contribution in [1.82, 2.24) is 19.5 Å². The summed E-state index contributed by atoms with van der Waals surface area (Å²) in [5.74, 6) is -0.208. The molecule has 3 rings (SSSR count). The fraction of sp³-hybridized carbons (Fsp3) is 0.696. The SMILES string of the molecule is CON(C)C(=O)C[C@@H](NP1(=O)N(C(C)C)[C@H]2CCCC[C@@H]2N1C(C)C)c1ccccc1Cl. The van der Waals surface area contributed by atoms with Gasteiger partial charge in [0.25, 0.3) is 7.59 Å². The smallest absolute Gasteiger partial charge is 0.275 e. The standard InChI is InChI=1S/C23H38ClN4O3P/c1-16(2)27-21-13-9-10-14-22(21)28(17(3)4)32(27,30)25-20(15-23(29)26(5)31-6)18-11-7-8-12-19(18)24/h7-8,11-12,16-17,20-22H,9-10,13-15H2,1-6H3,(H,25,30)/t20-,21+,22+/m1/s1. The lowest BCUT2D eigenvalue weighted by atomic mass is 9.89. The van der Waals surface area contributed by atoms with E-state index in [-0.39, 0.29) is 36.5 Å². The van der Waals surface area contributed by atoms with Gasteiger partial charge in [-0.1, -0.05) is 42.6 Å². The molecule has 9 heteroatoms. The van der Waals surface area contributed by atoms with Crippen LogP contribution in [-0.2, 0) is 14.2 Å². The van der Waals surface area contributed by atoms with Crippen LogP contribution in [0.25, 0.3) is 0 Å². The van der Waals surface area contributed by atoms with Crippen LogP contribution in [-0.4, -0.2) is 58.6 Å². The van der Waals surface area contributed by atoms with E-state index in [0.29, 0.717) is 5.02 Å². The van der Waals surface area contributed by atoms with Gasteiger partial charge in [0.2, 0.25) is 5.91 Å². The van der Waals surface area contributed by atoms with Gasteiger partial charge in [-0.2, -0.15) is 0 Å². The molecule has 1 aliphatic heterocycles. The van der Waals surface area contributed by atoms with E-state index in [0.717, 1.165) is 31.2 Å². The maximum absolute atomic E-state index is 15.0. The third-order valence-electron chi connectivity index (χ3n) is 6.67. The fourth-order valence-electron chi connectivity index (χ4n) is 5.35. The summed E-state index contributed by atoms with van der Waals surface area (Å²) in [6, 6.07) is 7.64. The number of hydrogen-bond acceptors (Lipinski definition) is 3. The zero-order valence-electron chi connectivity index (χ0n) is 20.1. The Morgan fingerprint density at radius 3 is 2.16 bits per heavy atom.